The second-order valence-electron chi connectivity index (χ2n) is 18.8. The molecule has 1 aliphatic carbocycles. The highest BCUT2D eigenvalue weighted by Crippen LogP contribution is 2.66. The van der Waals surface area contributed by atoms with E-state index in [1.54, 1.807) is 7.11 Å². The van der Waals surface area contributed by atoms with Crippen LogP contribution in [-0.4, -0.2) is 117 Å². The summed E-state index contributed by atoms with van der Waals surface area (Å²) < 4.78 is 49.3. The Bertz CT molecular complexity index is 2410. The fourth-order valence-electron chi connectivity index (χ4n) is 13.0. The van der Waals surface area contributed by atoms with Crippen molar-refractivity contribution in [2.75, 3.05) is 59.4 Å². The fourth-order valence-corrected chi connectivity index (χ4v) is 13.0. The van der Waals surface area contributed by atoms with Gasteiger partial charge in [-0.1, -0.05) is 61.9 Å². The molecule has 1 saturated heterocycles. The van der Waals surface area contributed by atoms with E-state index in [9.17, 15) is 9.90 Å². The SMILES string of the molecule is CC[C@]12C=CCN3CC[C@@]4(c5cc([C@@]6(C(=O)OC)CCCC(C(C)(F)F)CN(C)CCc7c6[nH]c6ccc(-c8ccccc8)cc76)c(OC)cc5N(C)C4C(O)[C@@H]1OC(C)=O)C32. The molecule has 12 heteroatoms. The van der Waals surface area contributed by atoms with Crippen molar-refractivity contribution in [1.29, 1.82) is 0 Å². The standard InChI is InChI=1S/C50H60F2N4O6/c1-8-48-20-13-23-56-25-22-50(45(48)56)36-27-37(40(60-6)28-39(36)55(5)43(50)41(58)44(48)62-30(2)57)49(46(59)61-7)21-12-16-33(47(3,51)52)29-54(4)24-19-34-35-26-32(31-14-10-9-11-15-31)17-18-38(35)53-42(34)49/h9-11,13-15,17-18,20,26-28,33,41,43-45,53,58H,8,12,16,19,21-25,29H2,1-7H3/t33?,41?,43?,44-,45?,48-,49-,50-/m0/s1. The third kappa shape index (κ3) is 6.17. The number of halogens is 2. The zero-order valence-electron chi connectivity index (χ0n) is 37.0. The number of ether oxygens (including phenoxy) is 3. The third-order valence-corrected chi connectivity index (χ3v) is 15.7. The number of anilines is 1. The summed E-state index contributed by atoms with van der Waals surface area (Å²) in [7, 11) is 6.88. The van der Waals surface area contributed by atoms with Crippen LogP contribution in [0.4, 0.5) is 14.5 Å². The quantitative estimate of drug-likeness (QED) is 0.143. The number of aromatic nitrogens is 1. The Kier molecular flexibility index (Phi) is 10.6. The molecule has 3 aromatic carbocycles. The second kappa shape index (κ2) is 15.5. The molecule has 9 rings (SSSR count). The molecule has 10 nitrogen and oxygen atoms in total. The number of nitrogens with zero attached hydrogens (tertiary/aromatic N) is 3. The van der Waals surface area contributed by atoms with Gasteiger partial charge in [-0.15, -0.1) is 0 Å². The number of fused-ring (bicyclic) bond motifs is 4. The summed E-state index contributed by atoms with van der Waals surface area (Å²) in [6.45, 7) is 6.68. The minimum atomic E-state index is -2.94. The molecule has 4 unspecified atom stereocenters. The number of rotatable bonds is 7. The van der Waals surface area contributed by atoms with Gasteiger partial charge in [-0.3, -0.25) is 14.5 Å². The van der Waals surface area contributed by atoms with Crippen LogP contribution < -0.4 is 9.64 Å². The molecule has 0 bridgehead atoms. The van der Waals surface area contributed by atoms with E-state index in [0.29, 0.717) is 42.8 Å². The number of carbonyl (C=O) groups is 2. The van der Waals surface area contributed by atoms with Crippen LogP contribution in [0.2, 0.25) is 0 Å². The highest BCUT2D eigenvalue weighted by Gasteiger charge is 2.73. The zero-order chi connectivity index (χ0) is 43.9. The molecule has 5 aliphatic rings. The Balaban J connectivity index is 1.32. The van der Waals surface area contributed by atoms with E-state index in [0.717, 1.165) is 65.3 Å². The smallest absolute Gasteiger partial charge is 0.322 e. The van der Waals surface area contributed by atoms with Crippen molar-refractivity contribution in [2.45, 2.75) is 100 Å². The number of aliphatic hydroxyl groups excluding tert-OH is 1. The Morgan fingerprint density at radius 2 is 1.77 bits per heavy atom. The van der Waals surface area contributed by atoms with Crippen LogP contribution in [0.5, 0.6) is 5.75 Å². The topological polar surface area (TPSA) is 108 Å². The average Bonchev–Trinajstić information content (AvgIpc) is 3.91. The summed E-state index contributed by atoms with van der Waals surface area (Å²) in [4.78, 5) is 38.4. The van der Waals surface area contributed by atoms with Gasteiger partial charge in [0.1, 0.15) is 23.4 Å². The highest BCUT2D eigenvalue weighted by molar-refractivity contribution is 5.95. The summed E-state index contributed by atoms with van der Waals surface area (Å²) in [6, 6.07) is 20.0. The molecular formula is C50H60F2N4O6. The molecule has 1 spiro atoms. The first-order valence-corrected chi connectivity index (χ1v) is 22.2. The largest absolute Gasteiger partial charge is 0.496 e. The minimum absolute atomic E-state index is 0.141. The van der Waals surface area contributed by atoms with E-state index in [2.05, 4.69) is 70.3 Å². The lowest BCUT2D eigenvalue weighted by Gasteiger charge is -2.60. The lowest BCUT2D eigenvalue weighted by Crippen LogP contribution is -2.74. The number of aliphatic hydroxyl groups is 1. The normalized spacial score (nSPS) is 31.1. The Labute approximate surface area is 363 Å². The van der Waals surface area contributed by atoms with Crippen molar-refractivity contribution in [3.8, 4) is 16.9 Å². The number of carbonyl (C=O) groups excluding carboxylic acids is 2. The van der Waals surface area contributed by atoms with Gasteiger partial charge in [-0.2, -0.15) is 0 Å². The number of nitrogens with one attached hydrogen (secondary N) is 1. The van der Waals surface area contributed by atoms with Crippen LogP contribution >= 0.6 is 0 Å². The number of benzene rings is 3. The number of esters is 2. The minimum Gasteiger partial charge on any atom is -0.496 e. The van der Waals surface area contributed by atoms with Crippen LogP contribution in [0.25, 0.3) is 22.0 Å². The van der Waals surface area contributed by atoms with Gasteiger partial charge in [-0.25, -0.2) is 8.78 Å². The van der Waals surface area contributed by atoms with Gasteiger partial charge < -0.3 is 34.1 Å². The lowest BCUT2D eigenvalue weighted by molar-refractivity contribution is -0.184. The number of hydrogen-bond acceptors (Lipinski definition) is 9. The maximum Gasteiger partial charge on any atom is 0.322 e. The monoisotopic (exact) mass is 850 g/mol. The van der Waals surface area contributed by atoms with E-state index in [-0.39, 0.29) is 25.4 Å². The summed E-state index contributed by atoms with van der Waals surface area (Å²) in [5.41, 5.74) is 4.15. The van der Waals surface area contributed by atoms with E-state index < -0.39 is 58.3 Å². The van der Waals surface area contributed by atoms with Crippen molar-refractivity contribution in [1.82, 2.24) is 14.8 Å². The number of hydrogen-bond donors (Lipinski definition) is 2. The maximum absolute atomic E-state index is 15.5. The molecule has 5 heterocycles. The van der Waals surface area contributed by atoms with Gasteiger partial charge in [0.25, 0.3) is 0 Å². The van der Waals surface area contributed by atoms with E-state index in [4.69, 9.17) is 14.2 Å². The van der Waals surface area contributed by atoms with Crippen LogP contribution in [0, 0.1) is 11.3 Å². The summed E-state index contributed by atoms with van der Waals surface area (Å²) >= 11 is 0. The van der Waals surface area contributed by atoms with Crippen molar-refractivity contribution in [2.24, 2.45) is 11.3 Å². The first-order chi connectivity index (χ1) is 29.7. The molecule has 8 atom stereocenters. The average molecular weight is 851 g/mol. The third-order valence-electron chi connectivity index (χ3n) is 15.7. The molecule has 2 fully saturated rings. The van der Waals surface area contributed by atoms with Crippen molar-refractivity contribution in [3.05, 3.63) is 95.2 Å². The zero-order valence-corrected chi connectivity index (χ0v) is 37.0. The molecule has 0 amide bonds. The number of likely N-dealkylation sites (N-methyl/N-ethyl adjacent to an activating group) is 2. The molecule has 4 aliphatic heterocycles. The summed E-state index contributed by atoms with van der Waals surface area (Å²) in [5, 5.41) is 13.6. The van der Waals surface area contributed by atoms with E-state index >= 15 is 13.6 Å². The number of methoxy groups -OCH3 is 2. The number of aromatic amines is 1. The molecule has 1 aromatic heterocycles. The van der Waals surface area contributed by atoms with Gasteiger partial charge in [0.15, 0.2) is 0 Å². The maximum atomic E-state index is 15.5. The summed E-state index contributed by atoms with van der Waals surface area (Å²) in [5.74, 6) is -4.36. The Hall–Kier alpha value is -4.78. The van der Waals surface area contributed by atoms with Gasteiger partial charge in [0.05, 0.1) is 20.3 Å². The molecule has 1 saturated carbocycles. The van der Waals surface area contributed by atoms with Crippen molar-refractivity contribution in [3.63, 3.8) is 0 Å². The molecule has 4 aromatic rings. The molecular weight excluding hydrogens is 791 g/mol. The van der Waals surface area contributed by atoms with Crippen LogP contribution in [0.15, 0.2) is 72.8 Å². The van der Waals surface area contributed by atoms with Crippen molar-refractivity contribution >= 4 is 28.5 Å². The number of alkyl halides is 2. The molecule has 2 N–H and O–H groups in total. The predicted molar refractivity (Wildman–Crippen MR) is 236 cm³/mol. The van der Waals surface area contributed by atoms with Gasteiger partial charge in [-0.05, 0) is 93.1 Å². The molecule has 62 heavy (non-hydrogen) atoms. The second-order valence-corrected chi connectivity index (χ2v) is 18.8. The first kappa shape index (κ1) is 42.5. The van der Waals surface area contributed by atoms with Crippen molar-refractivity contribution < 1.29 is 37.7 Å². The van der Waals surface area contributed by atoms with Crippen LogP contribution in [0.1, 0.15) is 75.3 Å². The summed E-state index contributed by atoms with van der Waals surface area (Å²) in [6.07, 6.45) is 5.00. The van der Waals surface area contributed by atoms with Gasteiger partial charge >= 0.3 is 11.9 Å². The molecule has 0 radical (unpaired) electrons. The van der Waals surface area contributed by atoms with E-state index in [1.807, 2.05) is 43.3 Å². The highest BCUT2D eigenvalue weighted by atomic mass is 19.3. The Morgan fingerprint density at radius 3 is 2.47 bits per heavy atom. The predicted octanol–water partition coefficient (Wildman–Crippen LogP) is 7.64. The fraction of sp³-hybridized carbons (Fsp3) is 0.520. The Morgan fingerprint density at radius 1 is 1.00 bits per heavy atom. The van der Waals surface area contributed by atoms with Crippen LogP contribution in [0.3, 0.4) is 0 Å². The van der Waals surface area contributed by atoms with Gasteiger partial charge in [0.2, 0.25) is 5.92 Å². The lowest BCUT2D eigenvalue weighted by atomic mass is 9.51. The first-order valence-electron chi connectivity index (χ1n) is 22.2. The number of H-pyrrole nitrogens is 1. The van der Waals surface area contributed by atoms with Gasteiger partial charge in [0, 0.05) is 90.3 Å². The van der Waals surface area contributed by atoms with E-state index in [1.165, 1.54) is 14.0 Å². The molecule has 330 valence electrons. The van der Waals surface area contributed by atoms with Crippen LogP contribution in [-0.2, 0) is 36.3 Å².